The van der Waals surface area contributed by atoms with Crippen LogP contribution in [0.4, 0.5) is 5.69 Å². The van der Waals surface area contributed by atoms with Gasteiger partial charge in [0.15, 0.2) is 0 Å². The van der Waals surface area contributed by atoms with Crippen LogP contribution in [-0.2, 0) is 0 Å². The first-order chi connectivity index (χ1) is 8.99. The third-order valence-corrected chi connectivity index (χ3v) is 3.35. The zero-order chi connectivity index (χ0) is 14.0. The molecule has 1 aromatic heterocycles. The maximum atomic E-state index is 11.9. The van der Waals surface area contributed by atoms with Crippen molar-refractivity contribution < 1.29 is 14.8 Å². The van der Waals surface area contributed by atoms with Gasteiger partial charge in [0.2, 0.25) is 5.15 Å². The van der Waals surface area contributed by atoms with Crippen LogP contribution in [0.2, 0.25) is 5.15 Å². The van der Waals surface area contributed by atoms with E-state index in [1.165, 1.54) is 12.3 Å². The van der Waals surface area contributed by atoms with Crippen LogP contribution in [-0.4, -0.2) is 33.6 Å². The van der Waals surface area contributed by atoms with Crippen LogP contribution in [0, 0.1) is 16.0 Å². The highest BCUT2D eigenvalue weighted by molar-refractivity contribution is 6.32. The fraction of sp³-hybridized carbons (Fsp3) is 0.455. The molecule has 1 amide bonds. The first kappa shape index (κ1) is 13.7. The van der Waals surface area contributed by atoms with Crippen LogP contribution < -0.4 is 5.32 Å². The van der Waals surface area contributed by atoms with Crippen molar-refractivity contribution in [2.45, 2.75) is 18.9 Å². The number of aliphatic hydroxyl groups is 1. The Balaban J connectivity index is 2.06. The molecule has 0 aromatic carbocycles. The van der Waals surface area contributed by atoms with E-state index in [2.05, 4.69) is 10.3 Å². The summed E-state index contributed by atoms with van der Waals surface area (Å²) >= 11 is 5.62. The van der Waals surface area contributed by atoms with Crippen molar-refractivity contribution in [3.8, 4) is 0 Å². The molecule has 8 heteroatoms. The first-order valence-corrected chi connectivity index (χ1v) is 6.12. The van der Waals surface area contributed by atoms with Gasteiger partial charge in [-0.05, 0) is 24.8 Å². The first-order valence-electron chi connectivity index (χ1n) is 5.74. The van der Waals surface area contributed by atoms with Gasteiger partial charge in [-0.15, -0.1) is 0 Å². The van der Waals surface area contributed by atoms with Gasteiger partial charge in [-0.2, -0.15) is 0 Å². The Kier molecular flexibility index (Phi) is 3.96. The number of nitrogens with zero attached hydrogens (tertiary/aromatic N) is 2. The third-order valence-electron chi connectivity index (χ3n) is 3.07. The molecule has 2 rings (SSSR count). The lowest BCUT2D eigenvalue weighted by molar-refractivity contribution is -0.385. The van der Waals surface area contributed by atoms with E-state index in [9.17, 15) is 14.9 Å². The minimum Gasteiger partial charge on any atom is -0.393 e. The fourth-order valence-electron chi connectivity index (χ4n) is 1.98. The molecule has 2 N–H and O–H groups in total. The smallest absolute Gasteiger partial charge is 0.319 e. The highest BCUT2D eigenvalue weighted by Crippen LogP contribution is 2.28. The van der Waals surface area contributed by atoms with Crippen LogP contribution in [0.15, 0.2) is 12.3 Å². The normalized spacial score (nSPS) is 21.6. The minimum absolute atomic E-state index is 0.107. The summed E-state index contributed by atoms with van der Waals surface area (Å²) in [5.74, 6) is -0.340. The van der Waals surface area contributed by atoms with Crippen molar-refractivity contribution in [3.63, 3.8) is 0 Å². The number of pyridine rings is 1. The zero-order valence-electron chi connectivity index (χ0n) is 9.88. The molecule has 102 valence electrons. The van der Waals surface area contributed by atoms with E-state index in [-0.39, 0.29) is 22.7 Å². The molecule has 1 aliphatic carbocycles. The second-order valence-electron chi connectivity index (χ2n) is 4.46. The van der Waals surface area contributed by atoms with Gasteiger partial charge >= 0.3 is 5.69 Å². The van der Waals surface area contributed by atoms with Crippen LogP contribution in [0.3, 0.4) is 0 Å². The summed E-state index contributed by atoms with van der Waals surface area (Å²) in [4.78, 5) is 25.6. The number of amides is 1. The van der Waals surface area contributed by atoms with Gasteiger partial charge < -0.3 is 10.4 Å². The van der Waals surface area contributed by atoms with Crippen molar-refractivity contribution in [2.75, 3.05) is 6.54 Å². The second kappa shape index (κ2) is 5.50. The lowest BCUT2D eigenvalue weighted by Crippen LogP contribution is -2.38. The lowest BCUT2D eigenvalue weighted by Gasteiger charge is -2.31. The van der Waals surface area contributed by atoms with E-state index < -0.39 is 16.5 Å². The van der Waals surface area contributed by atoms with Crippen LogP contribution in [0.1, 0.15) is 23.2 Å². The maximum absolute atomic E-state index is 11.9. The highest BCUT2D eigenvalue weighted by atomic mass is 35.5. The van der Waals surface area contributed by atoms with E-state index in [1.54, 1.807) is 0 Å². The van der Waals surface area contributed by atoms with E-state index in [4.69, 9.17) is 16.7 Å². The number of aliphatic hydroxyl groups excluding tert-OH is 1. The molecule has 7 nitrogen and oxygen atoms in total. The average molecular weight is 286 g/mol. The summed E-state index contributed by atoms with van der Waals surface area (Å²) in [6.45, 7) is 0.382. The number of nitrogens with one attached hydrogen (secondary N) is 1. The molecule has 19 heavy (non-hydrogen) atoms. The number of rotatable bonds is 4. The summed E-state index contributed by atoms with van der Waals surface area (Å²) in [6.07, 6.45) is 2.22. The topological polar surface area (TPSA) is 105 Å². The summed E-state index contributed by atoms with van der Waals surface area (Å²) in [7, 11) is 0. The van der Waals surface area contributed by atoms with Gasteiger partial charge in [-0.1, -0.05) is 11.6 Å². The summed E-state index contributed by atoms with van der Waals surface area (Å²) < 4.78 is 0. The van der Waals surface area contributed by atoms with Gasteiger partial charge in [-0.3, -0.25) is 14.9 Å². The van der Waals surface area contributed by atoms with Gasteiger partial charge in [-0.25, -0.2) is 4.98 Å². The Labute approximate surface area is 113 Å². The fourth-order valence-corrected chi connectivity index (χ4v) is 2.21. The molecule has 1 aromatic rings. The monoisotopic (exact) mass is 285 g/mol. The predicted octanol–water partition coefficient (Wildman–Crippen LogP) is 1.14. The van der Waals surface area contributed by atoms with Crippen molar-refractivity contribution in [2.24, 2.45) is 5.92 Å². The number of hydrogen-bond donors (Lipinski definition) is 2. The Morgan fingerprint density at radius 3 is 2.89 bits per heavy atom. The molecule has 1 aliphatic rings. The van der Waals surface area contributed by atoms with E-state index in [1.807, 2.05) is 0 Å². The number of carbonyl (C=O) groups excluding carboxylic acids is 1. The molecule has 0 atom stereocenters. The summed E-state index contributed by atoms with van der Waals surface area (Å²) in [5, 5.41) is 22.3. The van der Waals surface area contributed by atoms with Crippen molar-refractivity contribution in [1.82, 2.24) is 10.3 Å². The molecule has 1 saturated carbocycles. The Morgan fingerprint density at radius 2 is 2.32 bits per heavy atom. The number of halogens is 1. The number of carbonyl (C=O) groups is 1. The standard InChI is InChI=1S/C11H12ClN3O4/c12-10-9(15(18)19)8(1-2-13-10)11(17)14-5-6-3-7(16)4-6/h1-2,6-7,16H,3-5H2,(H,14,17). The average Bonchev–Trinajstić information content (AvgIpc) is 2.32. The minimum atomic E-state index is -0.725. The molecular formula is C11H12ClN3O4. The van der Waals surface area contributed by atoms with Gasteiger partial charge in [0.25, 0.3) is 5.91 Å². The largest absolute Gasteiger partial charge is 0.393 e. The van der Waals surface area contributed by atoms with Crippen molar-refractivity contribution in [1.29, 1.82) is 0 Å². The highest BCUT2D eigenvalue weighted by Gasteiger charge is 2.29. The van der Waals surface area contributed by atoms with Crippen LogP contribution >= 0.6 is 11.6 Å². The molecule has 1 fully saturated rings. The summed E-state index contributed by atoms with van der Waals surface area (Å²) in [5.41, 5.74) is -0.597. The third kappa shape index (κ3) is 2.99. The molecule has 0 radical (unpaired) electrons. The van der Waals surface area contributed by atoms with Crippen molar-refractivity contribution in [3.05, 3.63) is 33.1 Å². The molecule has 0 spiro atoms. The quantitative estimate of drug-likeness (QED) is 0.490. The SMILES string of the molecule is O=C(NCC1CC(O)C1)c1ccnc(Cl)c1[N+](=O)[O-]. The Bertz CT molecular complexity index is 517. The predicted molar refractivity (Wildman–Crippen MR) is 67.0 cm³/mol. The molecule has 0 saturated heterocycles. The number of nitro groups is 1. The molecule has 0 bridgehead atoms. The van der Waals surface area contributed by atoms with E-state index >= 15 is 0 Å². The molecular weight excluding hydrogens is 274 g/mol. The number of aromatic nitrogens is 1. The van der Waals surface area contributed by atoms with Crippen molar-refractivity contribution >= 4 is 23.2 Å². The number of hydrogen-bond acceptors (Lipinski definition) is 5. The Morgan fingerprint density at radius 1 is 1.63 bits per heavy atom. The molecule has 0 unspecified atom stereocenters. The maximum Gasteiger partial charge on any atom is 0.319 e. The molecule has 1 heterocycles. The van der Waals surface area contributed by atoms with Gasteiger partial charge in [0, 0.05) is 12.7 Å². The summed E-state index contributed by atoms with van der Waals surface area (Å²) in [6, 6.07) is 1.26. The molecule has 0 aliphatic heterocycles. The zero-order valence-corrected chi connectivity index (χ0v) is 10.6. The second-order valence-corrected chi connectivity index (χ2v) is 4.81. The van der Waals surface area contributed by atoms with Gasteiger partial charge in [0.05, 0.1) is 11.0 Å². The van der Waals surface area contributed by atoms with Crippen LogP contribution in [0.5, 0.6) is 0 Å². The van der Waals surface area contributed by atoms with Gasteiger partial charge in [0.1, 0.15) is 5.56 Å². The van der Waals surface area contributed by atoms with E-state index in [0.29, 0.717) is 19.4 Å². The Hall–Kier alpha value is -1.73. The lowest BCUT2D eigenvalue weighted by atomic mass is 9.82. The van der Waals surface area contributed by atoms with Crippen LogP contribution in [0.25, 0.3) is 0 Å². The van der Waals surface area contributed by atoms with E-state index in [0.717, 1.165) is 0 Å².